The van der Waals surface area contributed by atoms with Crippen LogP contribution in [-0.4, -0.2) is 33.4 Å². The summed E-state index contributed by atoms with van der Waals surface area (Å²) in [5, 5.41) is 8.82. The van der Waals surface area contributed by atoms with Crippen LogP contribution < -0.4 is 10.1 Å². The highest BCUT2D eigenvalue weighted by molar-refractivity contribution is 7.59. The molecule has 150 valence electrons. The minimum Gasteiger partial charge on any atom is -0.496 e. The van der Waals surface area contributed by atoms with E-state index in [0.29, 0.717) is 0 Å². The molecule has 0 aliphatic carbocycles. The Labute approximate surface area is 177 Å². The molecule has 2 heterocycles. The third kappa shape index (κ3) is 4.35. The van der Waals surface area contributed by atoms with Crippen molar-refractivity contribution in [1.82, 2.24) is 19.7 Å². The molecule has 1 N–H and O–H groups in total. The topological polar surface area (TPSA) is 64.9 Å². The highest BCUT2D eigenvalue weighted by Crippen LogP contribution is 2.27. The van der Waals surface area contributed by atoms with Gasteiger partial charge in [0, 0.05) is 36.5 Å². The zero-order valence-electron chi connectivity index (χ0n) is 16.8. The van der Waals surface area contributed by atoms with Gasteiger partial charge in [0.25, 0.3) is 0 Å². The second-order valence-electron chi connectivity index (χ2n) is 6.85. The number of hydrogen-bond donors (Lipinski definition) is 1. The smallest absolute Gasteiger partial charge is 0.129 e. The normalized spacial score (nSPS) is 11.7. The first-order valence-electron chi connectivity index (χ1n) is 9.26. The molecule has 0 saturated carbocycles. The van der Waals surface area contributed by atoms with E-state index >= 15 is 0 Å². The first-order valence-corrected chi connectivity index (χ1v) is 9.26. The Kier molecular flexibility index (Phi) is 6.39. The van der Waals surface area contributed by atoms with E-state index in [2.05, 4.69) is 51.6 Å². The molecule has 1 atom stereocenters. The zero-order chi connectivity index (χ0) is 19.5. The van der Waals surface area contributed by atoms with Crippen LogP contribution in [-0.2, 0) is 7.05 Å². The van der Waals surface area contributed by atoms with Crippen LogP contribution in [0.25, 0.3) is 22.2 Å². The van der Waals surface area contributed by atoms with Crippen molar-refractivity contribution in [2.45, 2.75) is 12.8 Å². The van der Waals surface area contributed by atoms with Crippen molar-refractivity contribution in [2.75, 3.05) is 19.0 Å². The average Bonchev–Trinajstić information content (AvgIpc) is 3.12. The molecule has 6 nitrogen and oxygen atoms in total. The maximum Gasteiger partial charge on any atom is 0.129 e. The number of rotatable bonds is 6. The number of ether oxygens (including phenoxy) is 1. The minimum absolute atomic E-state index is 0. The Morgan fingerprint density at radius 3 is 2.76 bits per heavy atom. The van der Waals surface area contributed by atoms with Crippen molar-refractivity contribution >= 4 is 30.2 Å². The van der Waals surface area contributed by atoms with Crippen molar-refractivity contribution < 1.29 is 4.74 Å². The number of aromatic nitrogens is 4. The van der Waals surface area contributed by atoms with E-state index < -0.39 is 0 Å². The summed E-state index contributed by atoms with van der Waals surface area (Å²) >= 11 is 0. The van der Waals surface area contributed by atoms with E-state index in [0.717, 1.165) is 40.3 Å². The number of hydrogen-bond acceptors (Lipinski definition) is 5. The second kappa shape index (κ2) is 8.96. The number of benzene rings is 2. The van der Waals surface area contributed by atoms with Crippen LogP contribution in [0.3, 0.4) is 0 Å². The Morgan fingerprint density at radius 1 is 1.10 bits per heavy atom. The highest BCUT2D eigenvalue weighted by Gasteiger charge is 2.11. The fourth-order valence-electron chi connectivity index (χ4n) is 3.38. The van der Waals surface area contributed by atoms with E-state index in [-0.39, 0.29) is 19.4 Å². The lowest BCUT2D eigenvalue weighted by Crippen LogP contribution is -2.12. The van der Waals surface area contributed by atoms with Crippen molar-refractivity contribution in [2.24, 2.45) is 7.05 Å². The van der Waals surface area contributed by atoms with Gasteiger partial charge < -0.3 is 10.1 Å². The predicted molar refractivity (Wildman–Crippen MR) is 122 cm³/mol. The van der Waals surface area contributed by atoms with Crippen LogP contribution in [0.15, 0.2) is 61.1 Å². The molecule has 0 radical (unpaired) electrons. The molecule has 7 heteroatoms. The van der Waals surface area contributed by atoms with Gasteiger partial charge in [-0.1, -0.05) is 31.2 Å². The SMILES string of the molecule is COc1ccccc1[C@H](C)CNc1cc(-c2ccc3c(cnn3C)c2)ncn1.S. The fraction of sp³-hybridized carbons (Fsp3) is 0.227. The number of para-hydroxylation sites is 1. The number of fused-ring (bicyclic) bond motifs is 1. The van der Waals surface area contributed by atoms with Crippen LogP contribution in [0, 0.1) is 0 Å². The summed E-state index contributed by atoms with van der Waals surface area (Å²) in [6.45, 7) is 2.92. The molecule has 29 heavy (non-hydrogen) atoms. The monoisotopic (exact) mass is 407 g/mol. The fourth-order valence-corrected chi connectivity index (χ4v) is 3.38. The van der Waals surface area contributed by atoms with Crippen molar-refractivity contribution in [3.63, 3.8) is 0 Å². The van der Waals surface area contributed by atoms with Gasteiger partial charge in [0.15, 0.2) is 0 Å². The summed E-state index contributed by atoms with van der Waals surface area (Å²) in [4.78, 5) is 8.81. The Bertz CT molecular complexity index is 1110. The first-order chi connectivity index (χ1) is 13.7. The summed E-state index contributed by atoms with van der Waals surface area (Å²) in [5.41, 5.74) is 4.20. The number of aryl methyl sites for hydroxylation is 1. The lowest BCUT2D eigenvalue weighted by atomic mass is 10.00. The molecule has 4 aromatic rings. The molecular weight excluding hydrogens is 382 g/mol. The standard InChI is InChI=1S/C22H23N5O.H2S/c1-15(18-6-4-5-7-21(18)28-3)12-23-22-11-19(24-14-25-22)16-8-9-20-17(10-16)13-26-27(20)2;/h4-11,13-15H,12H2,1-3H3,(H,23,24,25);1H2/t15-;/m1./s1. The largest absolute Gasteiger partial charge is 0.496 e. The molecular formula is C22H25N5OS. The van der Waals surface area contributed by atoms with Gasteiger partial charge in [-0.2, -0.15) is 18.6 Å². The van der Waals surface area contributed by atoms with Gasteiger partial charge in [-0.25, -0.2) is 9.97 Å². The Hall–Kier alpha value is -3.06. The third-order valence-electron chi connectivity index (χ3n) is 4.97. The number of nitrogens with one attached hydrogen (secondary N) is 1. The van der Waals surface area contributed by atoms with Crippen molar-refractivity contribution in [1.29, 1.82) is 0 Å². The lowest BCUT2D eigenvalue weighted by molar-refractivity contribution is 0.407. The minimum atomic E-state index is 0. The molecule has 0 bridgehead atoms. The molecule has 4 rings (SSSR count). The molecule has 0 spiro atoms. The summed E-state index contributed by atoms with van der Waals surface area (Å²) < 4.78 is 7.34. The number of methoxy groups -OCH3 is 1. The van der Waals surface area contributed by atoms with Gasteiger partial charge in [-0.15, -0.1) is 0 Å². The van der Waals surface area contributed by atoms with Crippen LogP contribution in [0.1, 0.15) is 18.4 Å². The lowest BCUT2D eigenvalue weighted by Gasteiger charge is -2.16. The predicted octanol–water partition coefficient (Wildman–Crippen LogP) is 4.37. The molecule has 2 aromatic heterocycles. The van der Waals surface area contributed by atoms with Crippen LogP contribution in [0.2, 0.25) is 0 Å². The summed E-state index contributed by atoms with van der Waals surface area (Å²) in [6.07, 6.45) is 3.47. The molecule has 0 amide bonds. The van der Waals surface area contributed by atoms with E-state index in [1.165, 1.54) is 5.56 Å². The summed E-state index contributed by atoms with van der Waals surface area (Å²) in [7, 11) is 3.65. The summed E-state index contributed by atoms with van der Waals surface area (Å²) in [6, 6.07) is 16.3. The maximum absolute atomic E-state index is 5.47. The van der Waals surface area contributed by atoms with E-state index in [1.54, 1.807) is 13.4 Å². The van der Waals surface area contributed by atoms with Crippen LogP contribution in [0.5, 0.6) is 5.75 Å². The Balaban J connectivity index is 0.00000240. The molecule has 0 aliphatic heterocycles. The zero-order valence-corrected chi connectivity index (χ0v) is 17.8. The maximum atomic E-state index is 5.47. The van der Waals surface area contributed by atoms with Gasteiger partial charge in [0.05, 0.1) is 24.5 Å². The van der Waals surface area contributed by atoms with Crippen molar-refractivity contribution in [3.05, 3.63) is 66.6 Å². The highest BCUT2D eigenvalue weighted by atomic mass is 32.1. The second-order valence-corrected chi connectivity index (χ2v) is 6.85. The quantitative estimate of drug-likeness (QED) is 0.514. The average molecular weight is 408 g/mol. The van der Waals surface area contributed by atoms with E-state index in [9.17, 15) is 0 Å². The van der Waals surface area contributed by atoms with Gasteiger partial charge in [-0.3, -0.25) is 4.68 Å². The van der Waals surface area contributed by atoms with Crippen LogP contribution >= 0.6 is 13.5 Å². The van der Waals surface area contributed by atoms with Gasteiger partial charge in [0.2, 0.25) is 0 Å². The third-order valence-corrected chi connectivity index (χ3v) is 4.97. The summed E-state index contributed by atoms with van der Waals surface area (Å²) in [5.74, 6) is 1.99. The first kappa shape index (κ1) is 20.7. The molecule has 2 aromatic carbocycles. The molecule has 0 saturated heterocycles. The van der Waals surface area contributed by atoms with Crippen molar-refractivity contribution in [3.8, 4) is 17.0 Å². The number of anilines is 1. The molecule has 0 unspecified atom stereocenters. The number of nitrogens with zero attached hydrogens (tertiary/aromatic N) is 4. The molecule has 0 aliphatic rings. The van der Waals surface area contributed by atoms with E-state index in [4.69, 9.17) is 4.74 Å². The van der Waals surface area contributed by atoms with Crippen LogP contribution in [0.4, 0.5) is 5.82 Å². The van der Waals surface area contributed by atoms with Gasteiger partial charge in [-0.05, 0) is 23.8 Å². The Morgan fingerprint density at radius 2 is 1.93 bits per heavy atom. The molecule has 0 fully saturated rings. The van der Waals surface area contributed by atoms with Gasteiger partial charge in [0.1, 0.15) is 17.9 Å². The van der Waals surface area contributed by atoms with E-state index in [1.807, 2.05) is 42.2 Å². The van der Waals surface area contributed by atoms with Gasteiger partial charge >= 0.3 is 0 Å².